The average molecular weight is 201 g/mol. The second-order valence-corrected chi connectivity index (χ2v) is 2.61. The molecule has 0 aliphatic carbocycles. The lowest BCUT2D eigenvalue weighted by Gasteiger charge is -2.08. The molecule has 4 nitrogen and oxygen atoms in total. The normalized spacial score (nSPS) is 10.2. The second-order valence-electron chi connectivity index (χ2n) is 2.61. The minimum Gasteiger partial charge on any atom is -0.502 e. The van der Waals surface area contributed by atoms with Crippen LogP contribution in [-0.4, -0.2) is 19.3 Å². The third kappa shape index (κ3) is 2.12. The van der Waals surface area contributed by atoms with E-state index >= 15 is 0 Å². The highest BCUT2D eigenvalue weighted by molar-refractivity contribution is 5.43. The van der Waals surface area contributed by atoms with E-state index in [9.17, 15) is 9.50 Å². The predicted octanol–water partition coefficient (Wildman–Crippen LogP) is 1.19. The molecule has 0 radical (unpaired) electrons. The summed E-state index contributed by atoms with van der Waals surface area (Å²) in [6.07, 6.45) is 0. The van der Waals surface area contributed by atoms with Crippen molar-refractivity contribution in [2.24, 2.45) is 0 Å². The molecular formula is C9H12FNO3. The lowest BCUT2D eigenvalue weighted by Crippen LogP contribution is -2.12. The number of phenolic OH excluding ortho intramolecular Hbond substituents is 1. The Balaban J connectivity index is 2.92. The monoisotopic (exact) mass is 201 g/mol. The van der Waals surface area contributed by atoms with Crippen LogP contribution in [0.5, 0.6) is 11.5 Å². The van der Waals surface area contributed by atoms with Crippen LogP contribution in [0.1, 0.15) is 5.56 Å². The first-order valence-electron chi connectivity index (χ1n) is 4.01. The first-order valence-corrected chi connectivity index (χ1v) is 4.01. The number of nitrogens with one attached hydrogen (secondary N) is 1. The quantitative estimate of drug-likeness (QED) is 0.718. The Hall–Kier alpha value is -1.33. The lowest BCUT2D eigenvalue weighted by molar-refractivity contribution is 0.0858. The van der Waals surface area contributed by atoms with Gasteiger partial charge in [0.25, 0.3) is 0 Å². The molecule has 0 unspecified atom stereocenters. The second kappa shape index (κ2) is 4.78. The summed E-state index contributed by atoms with van der Waals surface area (Å²) in [5.41, 5.74) is 2.79. The fourth-order valence-electron chi connectivity index (χ4n) is 1.04. The SMILES string of the molecule is CONCc1ccc(OC)c(O)c1F. The number of aromatic hydroxyl groups is 1. The summed E-state index contributed by atoms with van der Waals surface area (Å²) in [6.45, 7) is 0.180. The van der Waals surface area contributed by atoms with E-state index in [0.717, 1.165) is 0 Å². The predicted molar refractivity (Wildman–Crippen MR) is 48.5 cm³/mol. The molecule has 78 valence electrons. The molecule has 0 heterocycles. The molecule has 1 aromatic carbocycles. The number of hydrogen-bond donors (Lipinski definition) is 2. The number of hydrogen-bond acceptors (Lipinski definition) is 4. The molecule has 0 bridgehead atoms. The summed E-state index contributed by atoms with van der Waals surface area (Å²) in [5, 5.41) is 9.31. The van der Waals surface area contributed by atoms with Gasteiger partial charge in [-0.15, -0.1) is 0 Å². The minimum atomic E-state index is -0.700. The van der Waals surface area contributed by atoms with Crippen molar-refractivity contribution in [1.29, 1.82) is 0 Å². The molecule has 1 rings (SSSR count). The molecule has 0 aromatic heterocycles. The zero-order chi connectivity index (χ0) is 10.6. The number of halogens is 1. The zero-order valence-corrected chi connectivity index (χ0v) is 8.00. The number of phenols is 1. The van der Waals surface area contributed by atoms with Gasteiger partial charge in [0.05, 0.1) is 14.2 Å². The van der Waals surface area contributed by atoms with Crippen molar-refractivity contribution in [1.82, 2.24) is 5.48 Å². The number of methoxy groups -OCH3 is 1. The molecule has 0 aliphatic rings. The van der Waals surface area contributed by atoms with Crippen molar-refractivity contribution in [3.05, 3.63) is 23.5 Å². The van der Waals surface area contributed by atoms with Gasteiger partial charge >= 0.3 is 0 Å². The van der Waals surface area contributed by atoms with Gasteiger partial charge in [0.15, 0.2) is 17.3 Å². The van der Waals surface area contributed by atoms with Crippen LogP contribution in [0.15, 0.2) is 12.1 Å². The maximum Gasteiger partial charge on any atom is 0.194 e. The maximum absolute atomic E-state index is 13.3. The Bertz CT molecular complexity index is 317. The number of rotatable bonds is 4. The van der Waals surface area contributed by atoms with E-state index < -0.39 is 11.6 Å². The van der Waals surface area contributed by atoms with E-state index in [1.807, 2.05) is 0 Å². The maximum atomic E-state index is 13.3. The molecule has 0 saturated heterocycles. The van der Waals surface area contributed by atoms with Crippen LogP contribution < -0.4 is 10.2 Å². The lowest BCUT2D eigenvalue weighted by atomic mass is 10.2. The summed E-state index contributed by atoms with van der Waals surface area (Å²) in [6, 6.07) is 3.00. The van der Waals surface area contributed by atoms with Gasteiger partial charge in [0, 0.05) is 12.1 Å². The van der Waals surface area contributed by atoms with Crippen LogP contribution in [0.25, 0.3) is 0 Å². The van der Waals surface area contributed by atoms with Crippen LogP contribution in [0, 0.1) is 5.82 Å². The van der Waals surface area contributed by atoms with Gasteiger partial charge < -0.3 is 14.7 Å². The molecule has 0 spiro atoms. The van der Waals surface area contributed by atoms with Crippen molar-refractivity contribution in [3.8, 4) is 11.5 Å². The summed E-state index contributed by atoms with van der Waals surface area (Å²) in [5.74, 6) is -1.07. The highest BCUT2D eigenvalue weighted by atomic mass is 19.1. The Morgan fingerprint density at radius 1 is 1.43 bits per heavy atom. The highest BCUT2D eigenvalue weighted by Gasteiger charge is 2.12. The fourth-order valence-corrected chi connectivity index (χ4v) is 1.04. The molecule has 14 heavy (non-hydrogen) atoms. The van der Waals surface area contributed by atoms with Gasteiger partial charge in [0.2, 0.25) is 0 Å². The van der Waals surface area contributed by atoms with E-state index in [2.05, 4.69) is 10.3 Å². The van der Waals surface area contributed by atoms with Gasteiger partial charge in [-0.25, -0.2) is 4.39 Å². The van der Waals surface area contributed by atoms with E-state index in [1.165, 1.54) is 26.4 Å². The van der Waals surface area contributed by atoms with Gasteiger partial charge in [-0.3, -0.25) is 0 Å². The Labute approximate surface area is 81.2 Å². The summed E-state index contributed by atoms with van der Waals surface area (Å²) >= 11 is 0. The van der Waals surface area contributed by atoms with Gasteiger partial charge in [-0.2, -0.15) is 5.48 Å². The van der Waals surface area contributed by atoms with E-state index in [0.29, 0.717) is 5.56 Å². The van der Waals surface area contributed by atoms with Crippen LogP contribution in [-0.2, 0) is 11.4 Å². The van der Waals surface area contributed by atoms with Gasteiger partial charge in [-0.1, -0.05) is 6.07 Å². The van der Waals surface area contributed by atoms with E-state index in [-0.39, 0.29) is 12.3 Å². The summed E-state index contributed by atoms with van der Waals surface area (Å²) < 4.78 is 18.1. The van der Waals surface area contributed by atoms with Gasteiger partial charge in [0.1, 0.15) is 0 Å². The first kappa shape index (κ1) is 10.7. The first-order chi connectivity index (χ1) is 6.70. The Morgan fingerprint density at radius 3 is 2.71 bits per heavy atom. The van der Waals surface area contributed by atoms with Crippen molar-refractivity contribution in [2.75, 3.05) is 14.2 Å². The number of benzene rings is 1. The summed E-state index contributed by atoms with van der Waals surface area (Å²) in [4.78, 5) is 4.57. The Morgan fingerprint density at radius 2 is 2.14 bits per heavy atom. The molecule has 0 aliphatic heterocycles. The largest absolute Gasteiger partial charge is 0.502 e. The molecule has 2 N–H and O–H groups in total. The molecule has 0 atom stereocenters. The van der Waals surface area contributed by atoms with Crippen molar-refractivity contribution < 1.29 is 19.1 Å². The third-order valence-corrected chi connectivity index (χ3v) is 1.79. The standard InChI is InChI=1S/C9H12FNO3/c1-13-7-4-3-6(5-11-14-2)8(10)9(7)12/h3-4,11-12H,5H2,1-2H3. The van der Waals surface area contributed by atoms with E-state index in [1.54, 1.807) is 0 Å². The zero-order valence-electron chi connectivity index (χ0n) is 8.00. The topological polar surface area (TPSA) is 50.7 Å². The van der Waals surface area contributed by atoms with Crippen LogP contribution in [0.2, 0.25) is 0 Å². The van der Waals surface area contributed by atoms with Crippen LogP contribution in [0.3, 0.4) is 0 Å². The molecule has 1 aromatic rings. The number of hydroxylamine groups is 1. The molecule has 0 amide bonds. The Kier molecular flexibility index (Phi) is 3.67. The molecule has 0 fully saturated rings. The van der Waals surface area contributed by atoms with Crippen molar-refractivity contribution >= 4 is 0 Å². The molecular weight excluding hydrogens is 189 g/mol. The molecule has 0 saturated carbocycles. The third-order valence-electron chi connectivity index (χ3n) is 1.79. The van der Waals surface area contributed by atoms with Crippen molar-refractivity contribution in [3.63, 3.8) is 0 Å². The fraction of sp³-hybridized carbons (Fsp3) is 0.333. The average Bonchev–Trinajstić information content (AvgIpc) is 2.20. The smallest absolute Gasteiger partial charge is 0.194 e. The number of ether oxygens (including phenoxy) is 1. The minimum absolute atomic E-state index is 0.115. The molecule has 5 heteroatoms. The summed E-state index contributed by atoms with van der Waals surface area (Å²) in [7, 11) is 2.79. The van der Waals surface area contributed by atoms with Crippen LogP contribution in [0.4, 0.5) is 4.39 Å². The van der Waals surface area contributed by atoms with Crippen molar-refractivity contribution in [2.45, 2.75) is 6.54 Å². The van der Waals surface area contributed by atoms with Gasteiger partial charge in [-0.05, 0) is 6.07 Å². The highest BCUT2D eigenvalue weighted by Crippen LogP contribution is 2.30. The van der Waals surface area contributed by atoms with Crippen LogP contribution >= 0.6 is 0 Å². The van der Waals surface area contributed by atoms with E-state index in [4.69, 9.17) is 4.74 Å².